The molecule has 0 atom stereocenters. The van der Waals surface area contributed by atoms with Crippen molar-refractivity contribution in [3.8, 4) is 0 Å². The molecule has 0 saturated heterocycles. The average molecular weight is 340 g/mol. The maximum atomic E-state index is 4.40. The van der Waals surface area contributed by atoms with Gasteiger partial charge < -0.3 is 15.1 Å². The summed E-state index contributed by atoms with van der Waals surface area (Å²) >= 11 is 0. The van der Waals surface area contributed by atoms with Crippen LogP contribution in [0.3, 0.4) is 0 Å². The highest BCUT2D eigenvalue weighted by Gasteiger charge is 2.11. The number of halogens is 1. The fourth-order valence-corrected chi connectivity index (χ4v) is 1.79. The summed E-state index contributed by atoms with van der Waals surface area (Å²) in [7, 11) is 2.09. The highest BCUT2D eigenvalue weighted by Crippen LogP contribution is 1.95. The molecule has 0 aromatic carbocycles. The van der Waals surface area contributed by atoms with E-state index in [2.05, 4.69) is 41.0 Å². The van der Waals surface area contributed by atoms with E-state index < -0.39 is 0 Å². The maximum Gasteiger partial charge on any atom is 0.193 e. The molecule has 0 unspecified atom stereocenters. The molecule has 0 radical (unpaired) electrons. The molecule has 1 N–H and O–H groups in total. The van der Waals surface area contributed by atoms with Crippen LogP contribution >= 0.6 is 24.0 Å². The van der Waals surface area contributed by atoms with Crippen molar-refractivity contribution in [1.82, 2.24) is 15.1 Å². The first-order chi connectivity index (χ1) is 7.27. The Morgan fingerprint density at radius 2 is 2.12 bits per heavy atom. The first-order valence-corrected chi connectivity index (χ1v) is 5.99. The number of rotatable bonds is 6. The Hall–Kier alpha value is -0.0400. The van der Waals surface area contributed by atoms with E-state index in [1.807, 2.05) is 0 Å². The predicted molar refractivity (Wildman–Crippen MR) is 80.8 cm³/mol. The van der Waals surface area contributed by atoms with E-state index in [1.165, 1.54) is 13.0 Å². The first kappa shape index (κ1) is 16.0. The first-order valence-electron chi connectivity index (χ1n) is 5.99. The molecule has 1 aliphatic rings. The topological polar surface area (TPSA) is 30.9 Å². The second-order valence-electron chi connectivity index (χ2n) is 3.99. The maximum absolute atomic E-state index is 4.40. The Kier molecular flexibility index (Phi) is 9.02. The van der Waals surface area contributed by atoms with Crippen LogP contribution in [0.25, 0.3) is 0 Å². The summed E-state index contributed by atoms with van der Waals surface area (Å²) in [6.45, 7) is 10.9. The minimum absolute atomic E-state index is 0. The van der Waals surface area contributed by atoms with Gasteiger partial charge in [-0.2, -0.15) is 0 Å². The zero-order valence-corrected chi connectivity index (χ0v) is 13.0. The van der Waals surface area contributed by atoms with Crippen molar-refractivity contribution < 1.29 is 0 Å². The summed E-state index contributed by atoms with van der Waals surface area (Å²) in [5.74, 6) is 1.06. The number of nitrogens with zero attached hydrogens (tertiary/aromatic N) is 3. The van der Waals surface area contributed by atoms with Gasteiger partial charge in [0.25, 0.3) is 0 Å². The lowest BCUT2D eigenvalue weighted by atomic mass is 10.4. The van der Waals surface area contributed by atoms with Crippen LogP contribution in [-0.2, 0) is 0 Å². The summed E-state index contributed by atoms with van der Waals surface area (Å²) in [4.78, 5) is 9.04. The summed E-state index contributed by atoms with van der Waals surface area (Å²) in [5.41, 5.74) is 0. The van der Waals surface area contributed by atoms with E-state index in [0.29, 0.717) is 0 Å². The lowest BCUT2D eigenvalue weighted by Crippen LogP contribution is -2.40. The average Bonchev–Trinajstić information content (AvgIpc) is 2.63. The molecule has 5 heteroatoms. The van der Waals surface area contributed by atoms with E-state index in [0.717, 1.165) is 38.7 Å². The van der Waals surface area contributed by atoms with Crippen LogP contribution in [0.1, 0.15) is 20.3 Å². The third-order valence-electron chi connectivity index (χ3n) is 2.76. The summed E-state index contributed by atoms with van der Waals surface area (Å²) in [5, 5.41) is 3.39. The standard InChI is InChI=1S/C11H24N4.HI/c1-4-8-15(5-2)10-7-13-11-12-6-9-14(11)3;/h4-10H2,1-3H3,(H,12,13);1H. The van der Waals surface area contributed by atoms with Crippen molar-refractivity contribution in [2.45, 2.75) is 20.3 Å². The molecule has 0 aromatic rings. The largest absolute Gasteiger partial charge is 0.355 e. The molecule has 1 aliphatic heterocycles. The van der Waals surface area contributed by atoms with Crippen LogP contribution in [0.2, 0.25) is 0 Å². The molecule has 1 rings (SSSR count). The van der Waals surface area contributed by atoms with Gasteiger partial charge in [0, 0.05) is 26.7 Å². The molecule has 0 aliphatic carbocycles. The SMILES string of the molecule is CCCN(CC)CCNC1=NCCN1C.I. The molecule has 16 heavy (non-hydrogen) atoms. The van der Waals surface area contributed by atoms with Crippen LogP contribution in [0.15, 0.2) is 4.99 Å². The second kappa shape index (κ2) is 9.04. The monoisotopic (exact) mass is 340 g/mol. The Morgan fingerprint density at radius 1 is 1.38 bits per heavy atom. The fourth-order valence-electron chi connectivity index (χ4n) is 1.79. The molecule has 1 heterocycles. The lowest BCUT2D eigenvalue weighted by Gasteiger charge is -2.21. The lowest BCUT2D eigenvalue weighted by molar-refractivity contribution is 0.292. The summed E-state index contributed by atoms with van der Waals surface area (Å²) < 4.78 is 0. The van der Waals surface area contributed by atoms with Gasteiger partial charge in [-0.25, -0.2) is 0 Å². The zero-order valence-electron chi connectivity index (χ0n) is 10.7. The zero-order chi connectivity index (χ0) is 11.1. The van der Waals surface area contributed by atoms with Crippen LogP contribution in [-0.4, -0.2) is 62.1 Å². The van der Waals surface area contributed by atoms with E-state index in [-0.39, 0.29) is 24.0 Å². The van der Waals surface area contributed by atoms with Gasteiger partial charge in [-0.05, 0) is 19.5 Å². The molecule has 0 amide bonds. The third kappa shape index (κ3) is 5.34. The highest BCUT2D eigenvalue weighted by molar-refractivity contribution is 14.0. The van der Waals surface area contributed by atoms with Gasteiger partial charge in [0.1, 0.15) is 0 Å². The number of likely N-dealkylation sites (N-methyl/N-ethyl adjacent to an activating group) is 2. The Bertz CT molecular complexity index is 208. The Morgan fingerprint density at radius 3 is 2.62 bits per heavy atom. The molecule has 0 saturated carbocycles. The smallest absolute Gasteiger partial charge is 0.193 e. The number of guanidine groups is 1. The molecule has 0 spiro atoms. The highest BCUT2D eigenvalue weighted by atomic mass is 127. The second-order valence-corrected chi connectivity index (χ2v) is 3.99. The van der Waals surface area contributed by atoms with Crippen molar-refractivity contribution in [2.24, 2.45) is 4.99 Å². The van der Waals surface area contributed by atoms with Gasteiger partial charge in [-0.1, -0.05) is 13.8 Å². The molecule has 0 bridgehead atoms. The van der Waals surface area contributed by atoms with Crippen molar-refractivity contribution in [2.75, 3.05) is 46.3 Å². The van der Waals surface area contributed by atoms with Crippen LogP contribution in [0.5, 0.6) is 0 Å². The van der Waals surface area contributed by atoms with Gasteiger partial charge in [-0.3, -0.25) is 4.99 Å². The van der Waals surface area contributed by atoms with Gasteiger partial charge in [-0.15, -0.1) is 24.0 Å². The van der Waals surface area contributed by atoms with Crippen molar-refractivity contribution in [1.29, 1.82) is 0 Å². The minimum atomic E-state index is 0. The minimum Gasteiger partial charge on any atom is -0.355 e. The predicted octanol–water partition coefficient (Wildman–Crippen LogP) is 1.23. The van der Waals surface area contributed by atoms with Crippen LogP contribution in [0.4, 0.5) is 0 Å². The number of aliphatic imine (C=N–C) groups is 1. The van der Waals surface area contributed by atoms with E-state index in [4.69, 9.17) is 0 Å². The number of nitrogens with one attached hydrogen (secondary N) is 1. The third-order valence-corrected chi connectivity index (χ3v) is 2.76. The van der Waals surface area contributed by atoms with Crippen molar-refractivity contribution >= 4 is 29.9 Å². The number of hydrogen-bond acceptors (Lipinski definition) is 4. The molecular formula is C11H25IN4. The van der Waals surface area contributed by atoms with E-state index in [1.54, 1.807) is 0 Å². The Labute approximate surface area is 116 Å². The molecule has 0 fully saturated rings. The molecular weight excluding hydrogens is 315 g/mol. The molecule has 4 nitrogen and oxygen atoms in total. The number of hydrogen-bond donors (Lipinski definition) is 1. The quantitative estimate of drug-likeness (QED) is 0.738. The Balaban J connectivity index is 0.00000225. The van der Waals surface area contributed by atoms with Gasteiger partial charge in [0.2, 0.25) is 0 Å². The van der Waals surface area contributed by atoms with Gasteiger partial charge >= 0.3 is 0 Å². The van der Waals surface area contributed by atoms with E-state index >= 15 is 0 Å². The van der Waals surface area contributed by atoms with Crippen molar-refractivity contribution in [3.63, 3.8) is 0 Å². The summed E-state index contributed by atoms with van der Waals surface area (Å²) in [6, 6.07) is 0. The summed E-state index contributed by atoms with van der Waals surface area (Å²) in [6.07, 6.45) is 1.23. The normalized spacial score (nSPS) is 15.0. The van der Waals surface area contributed by atoms with Gasteiger partial charge in [0.15, 0.2) is 5.96 Å². The van der Waals surface area contributed by atoms with Crippen LogP contribution in [0, 0.1) is 0 Å². The van der Waals surface area contributed by atoms with E-state index in [9.17, 15) is 0 Å². The fraction of sp³-hybridized carbons (Fsp3) is 0.909. The van der Waals surface area contributed by atoms with Crippen molar-refractivity contribution in [3.05, 3.63) is 0 Å². The molecule has 0 aromatic heterocycles. The molecule has 96 valence electrons. The van der Waals surface area contributed by atoms with Crippen LogP contribution < -0.4 is 5.32 Å². The van der Waals surface area contributed by atoms with Gasteiger partial charge in [0.05, 0.1) is 6.54 Å².